The SMILES string of the molecule is COCCN(CCOC)[C@@H](CCCCNC(=O)CCSC(c1ccccc1)(c1ccccc1)c1ccccc1)C(=O)ON1C(=O)CCC1=O. The lowest BCUT2D eigenvalue weighted by molar-refractivity contribution is -0.201. The van der Waals surface area contributed by atoms with Gasteiger partial charge in [-0.1, -0.05) is 91.0 Å². The Morgan fingerprint density at radius 3 is 1.76 bits per heavy atom. The van der Waals surface area contributed by atoms with Gasteiger partial charge in [0, 0.05) is 58.9 Å². The monoisotopic (exact) mass is 689 g/mol. The molecule has 1 N–H and O–H groups in total. The third kappa shape index (κ3) is 10.5. The van der Waals surface area contributed by atoms with E-state index in [9.17, 15) is 19.2 Å². The number of hydrogen-bond donors (Lipinski definition) is 1. The lowest BCUT2D eigenvalue weighted by Gasteiger charge is -2.35. The van der Waals surface area contributed by atoms with Crippen molar-refractivity contribution < 1.29 is 33.5 Å². The highest BCUT2D eigenvalue weighted by atomic mass is 32.2. The molecule has 1 atom stereocenters. The van der Waals surface area contributed by atoms with Gasteiger partial charge in [-0.2, -0.15) is 0 Å². The predicted octanol–water partition coefficient (Wildman–Crippen LogP) is 4.96. The fraction of sp³-hybridized carbons (Fsp3) is 0.421. The maximum absolute atomic E-state index is 13.3. The number of benzene rings is 3. The van der Waals surface area contributed by atoms with Crippen molar-refractivity contribution >= 4 is 35.5 Å². The van der Waals surface area contributed by atoms with E-state index < -0.39 is 28.6 Å². The summed E-state index contributed by atoms with van der Waals surface area (Å²) in [4.78, 5) is 57.7. The van der Waals surface area contributed by atoms with Crippen molar-refractivity contribution in [3.8, 4) is 0 Å². The highest BCUT2D eigenvalue weighted by Gasteiger charge is 2.38. The molecule has 0 radical (unpaired) electrons. The van der Waals surface area contributed by atoms with Crippen LogP contribution in [0.5, 0.6) is 0 Å². The molecule has 0 bridgehead atoms. The molecule has 0 saturated carbocycles. The first-order valence-corrected chi connectivity index (χ1v) is 17.8. The van der Waals surface area contributed by atoms with Crippen LogP contribution in [0.25, 0.3) is 0 Å². The lowest BCUT2D eigenvalue weighted by atomic mass is 9.84. The second-order valence-corrected chi connectivity index (χ2v) is 13.1. The quantitative estimate of drug-likeness (QED) is 0.0942. The number of imide groups is 1. The topological polar surface area (TPSA) is 114 Å². The number of nitrogens with zero attached hydrogens (tertiary/aromatic N) is 2. The number of unbranched alkanes of at least 4 members (excludes halogenated alkanes) is 1. The summed E-state index contributed by atoms with van der Waals surface area (Å²) < 4.78 is 10.00. The third-order valence-electron chi connectivity index (χ3n) is 8.48. The Balaban J connectivity index is 1.34. The van der Waals surface area contributed by atoms with Crippen LogP contribution in [0.4, 0.5) is 0 Å². The molecule has 1 aliphatic heterocycles. The zero-order chi connectivity index (χ0) is 34.9. The van der Waals surface area contributed by atoms with E-state index in [0.717, 1.165) is 16.7 Å². The maximum atomic E-state index is 13.3. The van der Waals surface area contributed by atoms with E-state index in [1.165, 1.54) is 0 Å². The zero-order valence-electron chi connectivity index (χ0n) is 28.4. The van der Waals surface area contributed by atoms with Gasteiger partial charge in [-0.25, -0.2) is 4.79 Å². The molecule has 1 heterocycles. The number of nitrogens with one attached hydrogen (secondary N) is 1. The average Bonchev–Trinajstić information content (AvgIpc) is 3.45. The first-order valence-electron chi connectivity index (χ1n) is 16.8. The fourth-order valence-electron chi connectivity index (χ4n) is 5.94. The van der Waals surface area contributed by atoms with Crippen LogP contribution in [-0.2, 0) is 38.2 Å². The summed E-state index contributed by atoms with van der Waals surface area (Å²) in [6, 6.07) is 30.5. The number of hydroxylamine groups is 2. The first-order chi connectivity index (χ1) is 23.9. The smallest absolute Gasteiger partial charge is 0.350 e. The van der Waals surface area contributed by atoms with E-state index in [0.29, 0.717) is 69.3 Å². The Morgan fingerprint density at radius 1 is 0.796 bits per heavy atom. The molecule has 0 aromatic heterocycles. The number of carbonyl (C=O) groups is 4. The summed E-state index contributed by atoms with van der Waals surface area (Å²) in [5, 5.41) is 3.62. The maximum Gasteiger partial charge on any atom is 0.350 e. The van der Waals surface area contributed by atoms with Crippen molar-refractivity contribution in [2.75, 3.05) is 52.8 Å². The van der Waals surface area contributed by atoms with Crippen molar-refractivity contribution in [1.29, 1.82) is 0 Å². The molecular formula is C38H47N3O7S. The molecule has 10 nitrogen and oxygen atoms in total. The standard InChI is InChI=1S/C38H47N3O7S/c1-46-27-25-40(26-28-47-2)33(37(45)48-41-35(43)21-22-36(41)44)20-12-13-24-39-34(42)23-29-49-38(30-14-6-3-7-15-30,31-16-8-4-9-17-31)32-18-10-5-11-19-32/h3-11,14-19,33H,12-13,20-29H2,1-2H3,(H,39,42)/t33-/m0/s1. The van der Waals surface area contributed by atoms with Gasteiger partial charge in [0.15, 0.2) is 0 Å². The summed E-state index contributed by atoms with van der Waals surface area (Å²) in [5.41, 5.74) is 3.44. The number of thioether (sulfide) groups is 1. The summed E-state index contributed by atoms with van der Waals surface area (Å²) in [6.45, 7) is 2.08. The molecule has 4 rings (SSSR count). The Morgan fingerprint density at radius 2 is 1.29 bits per heavy atom. The van der Waals surface area contributed by atoms with Gasteiger partial charge in [0.25, 0.3) is 11.8 Å². The summed E-state index contributed by atoms with van der Waals surface area (Å²) >= 11 is 1.75. The number of amides is 3. The number of ether oxygens (including phenoxy) is 2. The van der Waals surface area contributed by atoms with Gasteiger partial charge < -0.3 is 19.6 Å². The van der Waals surface area contributed by atoms with Crippen molar-refractivity contribution in [3.05, 3.63) is 108 Å². The van der Waals surface area contributed by atoms with E-state index in [2.05, 4.69) is 41.7 Å². The molecule has 1 saturated heterocycles. The minimum Gasteiger partial charge on any atom is -0.383 e. The van der Waals surface area contributed by atoms with Crippen LogP contribution in [0.1, 0.15) is 55.2 Å². The normalized spacial score (nSPS) is 13.9. The highest BCUT2D eigenvalue weighted by Crippen LogP contribution is 2.48. The van der Waals surface area contributed by atoms with Crippen LogP contribution in [-0.4, -0.2) is 92.5 Å². The molecule has 3 aromatic carbocycles. The second-order valence-electron chi connectivity index (χ2n) is 11.8. The van der Waals surface area contributed by atoms with Crippen molar-refractivity contribution in [2.45, 2.75) is 49.3 Å². The van der Waals surface area contributed by atoms with Gasteiger partial charge in [-0.15, -0.1) is 16.8 Å². The number of methoxy groups -OCH3 is 2. The van der Waals surface area contributed by atoms with Crippen LogP contribution in [0, 0.1) is 0 Å². The van der Waals surface area contributed by atoms with Gasteiger partial charge in [-0.3, -0.25) is 19.3 Å². The first kappa shape index (κ1) is 37.8. The van der Waals surface area contributed by atoms with Gasteiger partial charge >= 0.3 is 5.97 Å². The van der Waals surface area contributed by atoms with Crippen molar-refractivity contribution in [1.82, 2.24) is 15.3 Å². The van der Waals surface area contributed by atoms with Crippen molar-refractivity contribution in [3.63, 3.8) is 0 Å². The van der Waals surface area contributed by atoms with Crippen LogP contribution in [0.15, 0.2) is 91.0 Å². The molecule has 0 aliphatic carbocycles. The lowest BCUT2D eigenvalue weighted by Crippen LogP contribution is -2.48. The van der Waals surface area contributed by atoms with E-state index >= 15 is 0 Å². The molecule has 262 valence electrons. The Hall–Kier alpha value is -4.03. The number of hydrogen-bond acceptors (Lipinski definition) is 9. The largest absolute Gasteiger partial charge is 0.383 e. The van der Waals surface area contributed by atoms with E-state index in [1.54, 1.807) is 26.0 Å². The van der Waals surface area contributed by atoms with Gasteiger partial charge in [0.2, 0.25) is 5.91 Å². The van der Waals surface area contributed by atoms with E-state index in [-0.39, 0.29) is 18.7 Å². The molecule has 3 aromatic rings. The summed E-state index contributed by atoms with van der Waals surface area (Å²) in [6.07, 6.45) is 2.03. The summed E-state index contributed by atoms with van der Waals surface area (Å²) in [7, 11) is 3.16. The van der Waals surface area contributed by atoms with E-state index in [1.807, 2.05) is 59.5 Å². The van der Waals surface area contributed by atoms with Crippen LogP contribution in [0.2, 0.25) is 0 Å². The molecular weight excluding hydrogens is 642 g/mol. The molecule has 49 heavy (non-hydrogen) atoms. The van der Waals surface area contributed by atoms with Gasteiger partial charge in [-0.05, 0) is 36.0 Å². The van der Waals surface area contributed by atoms with Crippen molar-refractivity contribution in [2.24, 2.45) is 0 Å². The van der Waals surface area contributed by atoms with Crippen LogP contribution < -0.4 is 5.32 Å². The predicted molar refractivity (Wildman–Crippen MR) is 189 cm³/mol. The molecule has 11 heteroatoms. The minimum absolute atomic E-state index is 0.0256. The zero-order valence-corrected chi connectivity index (χ0v) is 29.2. The summed E-state index contributed by atoms with van der Waals surface area (Å²) in [5.74, 6) is -1.16. The Kier molecular flexibility index (Phi) is 15.3. The fourth-order valence-corrected chi connectivity index (χ4v) is 7.44. The number of rotatable bonds is 21. The molecule has 3 amide bonds. The Bertz CT molecular complexity index is 1360. The number of carbonyl (C=O) groups excluding carboxylic acids is 4. The molecule has 0 unspecified atom stereocenters. The van der Waals surface area contributed by atoms with Gasteiger partial charge in [0.1, 0.15) is 6.04 Å². The third-order valence-corrected chi connectivity index (χ3v) is 10.0. The second kappa shape index (κ2) is 19.8. The van der Waals surface area contributed by atoms with Crippen LogP contribution in [0.3, 0.4) is 0 Å². The Labute approximate surface area is 293 Å². The molecule has 1 fully saturated rings. The van der Waals surface area contributed by atoms with Crippen LogP contribution >= 0.6 is 11.8 Å². The van der Waals surface area contributed by atoms with E-state index in [4.69, 9.17) is 14.3 Å². The molecule has 1 aliphatic rings. The average molecular weight is 690 g/mol. The highest BCUT2D eigenvalue weighted by molar-refractivity contribution is 8.00. The minimum atomic E-state index is -0.722. The molecule has 0 spiro atoms. The van der Waals surface area contributed by atoms with Gasteiger partial charge in [0.05, 0.1) is 18.0 Å².